The summed E-state index contributed by atoms with van der Waals surface area (Å²) in [5.74, 6) is 0.881. The predicted molar refractivity (Wildman–Crippen MR) is 88.0 cm³/mol. The summed E-state index contributed by atoms with van der Waals surface area (Å²) in [5, 5.41) is 3.62. The van der Waals surface area contributed by atoms with E-state index in [9.17, 15) is 4.39 Å². The Balaban J connectivity index is 2.34. The zero-order chi connectivity index (χ0) is 14.6. The lowest BCUT2D eigenvalue weighted by molar-refractivity contribution is 0.488. The van der Waals surface area contributed by atoms with E-state index in [1.165, 1.54) is 38.2 Å². The molecule has 0 spiro atoms. The van der Waals surface area contributed by atoms with E-state index in [1.54, 1.807) is 23.9 Å². The van der Waals surface area contributed by atoms with Crippen molar-refractivity contribution < 1.29 is 4.39 Å². The Morgan fingerprint density at radius 1 is 1.15 bits per heavy atom. The Bertz CT molecular complexity index is 357. The van der Waals surface area contributed by atoms with Crippen LogP contribution in [0.2, 0.25) is 0 Å². The minimum atomic E-state index is -0.143. The molecule has 0 fully saturated rings. The molecule has 20 heavy (non-hydrogen) atoms. The molecule has 1 atom stereocenters. The van der Waals surface area contributed by atoms with E-state index in [2.05, 4.69) is 19.2 Å². The third kappa shape index (κ3) is 7.91. The number of rotatable bonds is 11. The normalized spacial score (nSPS) is 12.6. The summed E-state index contributed by atoms with van der Waals surface area (Å²) >= 11 is 1.75. The molecule has 0 saturated carbocycles. The molecule has 1 aromatic carbocycles. The second kappa shape index (κ2) is 11.2. The Morgan fingerprint density at radius 2 is 2.00 bits per heavy atom. The molecule has 1 aromatic rings. The number of benzene rings is 1. The Labute approximate surface area is 127 Å². The number of thioether (sulfide) groups is 1. The third-order valence-corrected chi connectivity index (χ3v) is 4.49. The summed E-state index contributed by atoms with van der Waals surface area (Å²) in [4.78, 5) is 1.03. The van der Waals surface area contributed by atoms with Gasteiger partial charge in [-0.25, -0.2) is 4.39 Å². The van der Waals surface area contributed by atoms with Gasteiger partial charge in [0.25, 0.3) is 0 Å². The molecular weight excluding hydrogens is 269 g/mol. The van der Waals surface area contributed by atoms with Gasteiger partial charge < -0.3 is 5.32 Å². The van der Waals surface area contributed by atoms with Crippen molar-refractivity contribution in [2.24, 2.45) is 0 Å². The first-order valence-corrected chi connectivity index (χ1v) is 8.86. The van der Waals surface area contributed by atoms with Crippen molar-refractivity contribution in [3.63, 3.8) is 0 Å². The van der Waals surface area contributed by atoms with Crippen LogP contribution in [0.1, 0.15) is 52.4 Å². The number of hydrogen-bond acceptors (Lipinski definition) is 2. The zero-order valence-electron chi connectivity index (χ0n) is 12.8. The highest BCUT2D eigenvalue weighted by atomic mass is 32.2. The van der Waals surface area contributed by atoms with E-state index >= 15 is 0 Å². The van der Waals surface area contributed by atoms with Crippen molar-refractivity contribution >= 4 is 11.8 Å². The SMILES string of the molecule is CCCCCCC(CSc1cccc(F)c1)NCCC. The van der Waals surface area contributed by atoms with Gasteiger partial charge >= 0.3 is 0 Å². The lowest BCUT2D eigenvalue weighted by Crippen LogP contribution is -2.31. The van der Waals surface area contributed by atoms with Gasteiger partial charge in [-0.3, -0.25) is 0 Å². The fraction of sp³-hybridized carbons (Fsp3) is 0.647. The van der Waals surface area contributed by atoms with Crippen LogP contribution in [-0.4, -0.2) is 18.3 Å². The van der Waals surface area contributed by atoms with Gasteiger partial charge in [-0.05, 0) is 37.6 Å². The van der Waals surface area contributed by atoms with Crippen molar-refractivity contribution in [3.05, 3.63) is 30.1 Å². The highest BCUT2D eigenvalue weighted by Gasteiger charge is 2.08. The van der Waals surface area contributed by atoms with E-state index in [4.69, 9.17) is 0 Å². The predicted octanol–water partition coefficient (Wildman–Crippen LogP) is 5.26. The van der Waals surface area contributed by atoms with Crippen molar-refractivity contribution in [3.8, 4) is 0 Å². The van der Waals surface area contributed by atoms with Crippen LogP contribution in [0.15, 0.2) is 29.2 Å². The first kappa shape index (κ1) is 17.5. The lowest BCUT2D eigenvalue weighted by Gasteiger charge is -2.18. The van der Waals surface area contributed by atoms with Crippen molar-refractivity contribution in [2.75, 3.05) is 12.3 Å². The maximum absolute atomic E-state index is 13.2. The second-order valence-electron chi connectivity index (χ2n) is 5.27. The van der Waals surface area contributed by atoms with Gasteiger partial charge in [-0.1, -0.05) is 45.6 Å². The second-order valence-corrected chi connectivity index (χ2v) is 6.36. The lowest BCUT2D eigenvalue weighted by atomic mass is 10.1. The Morgan fingerprint density at radius 3 is 2.70 bits per heavy atom. The topological polar surface area (TPSA) is 12.0 Å². The molecule has 0 saturated heterocycles. The standard InChI is InChI=1S/C17H28FNS/c1-3-5-6-7-10-16(19-12-4-2)14-20-17-11-8-9-15(18)13-17/h8-9,11,13,16,19H,3-7,10,12,14H2,1-2H3. The van der Waals surface area contributed by atoms with Crippen LogP contribution < -0.4 is 5.32 Å². The minimum absolute atomic E-state index is 0.143. The van der Waals surface area contributed by atoms with E-state index < -0.39 is 0 Å². The molecular formula is C17H28FNS. The van der Waals surface area contributed by atoms with E-state index in [-0.39, 0.29) is 5.82 Å². The molecule has 0 heterocycles. The molecule has 0 amide bonds. The van der Waals surface area contributed by atoms with Crippen LogP contribution in [0.3, 0.4) is 0 Å². The highest BCUT2D eigenvalue weighted by Crippen LogP contribution is 2.21. The fourth-order valence-electron chi connectivity index (χ4n) is 2.16. The van der Waals surface area contributed by atoms with Crippen molar-refractivity contribution in [1.29, 1.82) is 0 Å². The van der Waals surface area contributed by atoms with Crippen molar-refractivity contribution in [2.45, 2.75) is 63.3 Å². The molecule has 0 aliphatic rings. The van der Waals surface area contributed by atoms with Gasteiger partial charge in [0.05, 0.1) is 0 Å². The van der Waals surface area contributed by atoms with Gasteiger partial charge in [-0.2, -0.15) is 0 Å². The summed E-state index contributed by atoms with van der Waals surface area (Å²) in [7, 11) is 0. The average Bonchev–Trinajstić information content (AvgIpc) is 2.45. The zero-order valence-corrected chi connectivity index (χ0v) is 13.6. The van der Waals surface area contributed by atoms with E-state index in [1.807, 2.05) is 6.07 Å². The molecule has 1 N–H and O–H groups in total. The summed E-state index contributed by atoms with van der Waals surface area (Å²) in [5.41, 5.74) is 0. The molecule has 0 aliphatic carbocycles. The first-order valence-electron chi connectivity index (χ1n) is 7.88. The monoisotopic (exact) mass is 297 g/mol. The fourth-order valence-corrected chi connectivity index (χ4v) is 3.21. The number of hydrogen-bond donors (Lipinski definition) is 1. The summed E-state index contributed by atoms with van der Waals surface area (Å²) in [6.07, 6.45) is 7.62. The average molecular weight is 297 g/mol. The largest absolute Gasteiger partial charge is 0.313 e. The van der Waals surface area contributed by atoms with Crippen molar-refractivity contribution in [1.82, 2.24) is 5.32 Å². The van der Waals surface area contributed by atoms with Crippen LogP contribution >= 0.6 is 11.8 Å². The quantitative estimate of drug-likeness (QED) is 0.442. The molecule has 0 bridgehead atoms. The van der Waals surface area contributed by atoms with Gasteiger partial charge in [0.2, 0.25) is 0 Å². The van der Waals surface area contributed by atoms with Crippen LogP contribution in [0.25, 0.3) is 0 Å². The summed E-state index contributed by atoms with van der Waals surface area (Å²) in [6, 6.07) is 7.44. The molecule has 1 unspecified atom stereocenters. The summed E-state index contributed by atoms with van der Waals surface area (Å²) in [6.45, 7) is 5.51. The van der Waals surface area contributed by atoms with Crippen LogP contribution in [0, 0.1) is 5.82 Å². The van der Waals surface area contributed by atoms with Gasteiger partial charge in [0, 0.05) is 16.7 Å². The molecule has 1 nitrogen and oxygen atoms in total. The smallest absolute Gasteiger partial charge is 0.124 e. The highest BCUT2D eigenvalue weighted by molar-refractivity contribution is 7.99. The van der Waals surface area contributed by atoms with Crippen LogP contribution in [0.5, 0.6) is 0 Å². The van der Waals surface area contributed by atoms with Crippen LogP contribution in [-0.2, 0) is 0 Å². The molecule has 114 valence electrons. The minimum Gasteiger partial charge on any atom is -0.313 e. The molecule has 0 radical (unpaired) electrons. The van der Waals surface area contributed by atoms with Crippen LogP contribution in [0.4, 0.5) is 4.39 Å². The first-order chi connectivity index (χ1) is 9.76. The summed E-state index contributed by atoms with van der Waals surface area (Å²) < 4.78 is 13.2. The maximum Gasteiger partial charge on any atom is 0.124 e. The van der Waals surface area contributed by atoms with Gasteiger partial charge in [0.15, 0.2) is 0 Å². The van der Waals surface area contributed by atoms with Gasteiger partial charge in [0.1, 0.15) is 5.82 Å². The van der Waals surface area contributed by atoms with Gasteiger partial charge in [-0.15, -0.1) is 11.8 Å². The maximum atomic E-state index is 13.2. The molecule has 0 aromatic heterocycles. The van der Waals surface area contributed by atoms with E-state index in [0.717, 1.165) is 23.6 Å². The van der Waals surface area contributed by atoms with E-state index in [0.29, 0.717) is 6.04 Å². The third-order valence-electron chi connectivity index (χ3n) is 3.34. The number of halogens is 1. The number of unbranched alkanes of at least 4 members (excludes halogenated alkanes) is 3. The molecule has 3 heteroatoms. The Hall–Kier alpha value is -0.540. The Kier molecular flexibility index (Phi) is 9.77. The molecule has 0 aliphatic heterocycles. The molecule has 1 rings (SSSR count). The number of nitrogens with one attached hydrogen (secondary N) is 1.